The molecule has 2 aromatic carbocycles. The first-order chi connectivity index (χ1) is 9.86. The Bertz CT molecular complexity index is 811. The molecule has 0 saturated heterocycles. The number of sulfonamides is 1. The third-order valence-electron chi connectivity index (χ3n) is 2.93. The van der Waals surface area contributed by atoms with Crippen molar-refractivity contribution >= 4 is 27.3 Å². The van der Waals surface area contributed by atoms with Crippen LogP contribution in [0.25, 0.3) is 0 Å². The van der Waals surface area contributed by atoms with E-state index < -0.39 is 10.0 Å². The summed E-state index contributed by atoms with van der Waals surface area (Å²) < 4.78 is 26.1. The lowest BCUT2D eigenvalue weighted by Gasteiger charge is -2.19. The number of rotatable bonds is 3. The summed E-state index contributed by atoms with van der Waals surface area (Å²) in [4.78, 5) is -0.0120. The van der Waals surface area contributed by atoms with Crippen LogP contribution in [0.1, 0.15) is 5.56 Å². The summed E-state index contributed by atoms with van der Waals surface area (Å²) in [6.45, 7) is 0. The van der Waals surface area contributed by atoms with Crippen LogP contribution in [0.3, 0.4) is 0 Å². The fraction of sp³-hybridized carbons (Fsp3) is 0.0714. The van der Waals surface area contributed by atoms with Crippen molar-refractivity contribution in [3.8, 4) is 11.8 Å². The van der Waals surface area contributed by atoms with Crippen LogP contribution < -0.4 is 4.31 Å². The monoisotopic (exact) mass is 322 g/mol. The molecule has 0 saturated carbocycles. The molecule has 1 N–H and O–H groups in total. The summed E-state index contributed by atoms with van der Waals surface area (Å²) in [5.74, 6) is 0.0472. The number of phenols is 1. The molecular weight excluding hydrogens is 312 g/mol. The predicted molar refractivity (Wildman–Crippen MR) is 79.9 cm³/mol. The maximum absolute atomic E-state index is 12.5. The van der Waals surface area contributed by atoms with E-state index in [1.165, 1.54) is 49.5 Å². The molecule has 0 aliphatic heterocycles. The molecule has 0 radical (unpaired) electrons. The van der Waals surface area contributed by atoms with Crippen molar-refractivity contribution in [2.45, 2.75) is 4.90 Å². The quantitative estimate of drug-likeness (QED) is 0.942. The number of phenolic OH excluding ortho intramolecular Hbond substituents is 1. The topological polar surface area (TPSA) is 81.4 Å². The fourth-order valence-corrected chi connectivity index (χ4v) is 3.22. The number of anilines is 1. The Hall–Kier alpha value is -2.23. The number of nitrogens with zero attached hydrogens (tertiary/aromatic N) is 2. The maximum atomic E-state index is 12.5. The van der Waals surface area contributed by atoms with E-state index in [1.54, 1.807) is 0 Å². The van der Waals surface area contributed by atoms with Crippen LogP contribution in [-0.2, 0) is 10.0 Å². The van der Waals surface area contributed by atoms with Crippen LogP contribution in [0.5, 0.6) is 5.75 Å². The van der Waals surface area contributed by atoms with Gasteiger partial charge >= 0.3 is 0 Å². The van der Waals surface area contributed by atoms with Gasteiger partial charge in [0.2, 0.25) is 0 Å². The van der Waals surface area contributed by atoms with Gasteiger partial charge < -0.3 is 5.11 Å². The Morgan fingerprint density at radius 3 is 2.33 bits per heavy atom. The minimum atomic E-state index is -3.79. The molecule has 7 heteroatoms. The molecule has 0 aliphatic rings. The molecule has 2 aromatic rings. The van der Waals surface area contributed by atoms with E-state index in [9.17, 15) is 13.5 Å². The predicted octanol–water partition coefficient (Wildman–Crippen LogP) is 2.74. The Morgan fingerprint density at radius 2 is 1.81 bits per heavy atom. The first-order valence-electron chi connectivity index (χ1n) is 5.84. The lowest BCUT2D eigenvalue weighted by molar-refractivity contribution is 0.475. The second-order valence-electron chi connectivity index (χ2n) is 4.24. The summed E-state index contributed by atoms with van der Waals surface area (Å²) in [5.41, 5.74) is 0.608. The van der Waals surface area contributed by atoms with Crippen molar-refractivity contribution in [2.75, 3.05) is 11.4 Å². The standard InChI is InChI=1S/C14H11ClN2O3S/c1-17(11-3-5-12(18)6-4-11)21(19,20)13-7-2-10(9-16)14(15)8-13/h2-8,18H,1H3. The number of benzene rings is 2. The van der Waals surface area contributed by atoms with Gasteiger partial charge in [-0.25, -0.2) is 8.42 Å². The van der Waals surface area contributed by atoms with Crippen molar-refractivity contribution in [3.63, 3.8) is 0 Å². The number of hydrogen-bond donors (Lipinski definition) is 1. The van der Waals surface area contributed by atoms with Gasteiger partial charge in [-0.2, -0.15) is 5.26 Å². The minimum Gasteiger partial charge on any atom is -0.508 e. The van der Waals surface area contributed by atoms with E-state index >= 15 is 0 Å². The number of nitriles is 1. The van der Waals surface area contributed by atoms with Crippen LogP contribution in [0.4, 0.5) is 5.69 Å². The molecule has 0 aliphatic carbocycles. The minimum absolute atomic E-state index is 0.0120. The molecule has 0 unspecified atom stereocenters. The molecule has 0 aromatic heterocycles. The summed E-state index contributed by atoms with van der Waals surface area (Å²) in [6, 6.07) is 11.6. The number of aromatic hydroxyl groups is 1. The van der Waals surface area contributed by atoms with Gasteiger partial charge in [0.25, 0.3) is 10.0 Å². The SMILES string of the molecule is CN(c1ccc(O)cc1)S(=O)(=O)c1ccc(C#N)c(Cl)c1. The molecule has 5 nitrogen and oxygen atoms in total. The Morgan fingerprint density at radius 1 is 1.19 bits per heavy atom. The van der Waals surface area contributed by atoms with Crippen molar-refractivity contribution < 1.29 is 13.5 Å². The highest BCUT2D eigenvalue weighted by Gasteiger charge is 2.22. The first-order valence-corrected chi connectivity index (χ1v) is 7.65. The fourth-order valence-electron chi connectivity index (χ4n) is 1.71. The number of hydrogen-bond acceptors (Lipinski definition) is 4. The van der Waals surface area contributed by atoms with Gasteiger partial charge in [0, 0.05) is 7.05 Å². The zero-order valence-corrected chi connectivity index (χ0v) is 12.6. The molecule has 0 atom stereocenters. The van der Waals surface area contributed by atoms with Gasteiger partial charge in [-0.15, -0.1) is 0 Å². The van der Waals surface area contributed by atoms with E-state index in [-0.39, 0.29) is 21.2 Å². The normalized spacial score (nSPS) is 10.9. The van der Waals surface area contributed by atoms with Crippen molar-refractivity contribution in [2.24, 2.45) is 0 Å². The van der Waals surface area contributed by atoms with E-state index in [4.69, 9.17) is 16.9 Å². The molecule has 0 heterocycles. The molecule has 0 bridgehead atoms. The van der Waals surface area contributed by atoms with Gasteiger partial charge in [-0.3, -0.25) is 4.31 Å². The number of halogens is 1. The molecule has 0 fully saturated rings. The highest BCUT2D eigenvalue weighted by Crippen LogP contribution is 2.26. The largest absolute Gasteiger partial charge is 0.508 e. The second kappa shape index (κ2) is 5.64. The van der Waals surface area contributed by atoms with Gasteiger partial charge in [-0.1, -0.05) is 11.6 Å². The van der Waals surface area contributed by atoms with Crippen LogP contribution in [0, 0.1) is 11.3 Å². The van der Waals surface area contributed by atoms with E-state index in [0.717, 1.165) is 4.31 Å². The molecular formula is C14H11ClN2O3S. The van der Waals surface area contributed by atoms with Gasteiger partial charge in [-0.05, 0) is 42.5 Å². The highest BCUT2D eigenvalue weighted by atomic mass is 35.5. The second-order valence-corrected chi connectivity index (χ2v) is 6.62. The van der Waals surface area contributed by atoms with E-state index in [1.807, 2.05) is 6.07 Å². The Balaban J connectivity index is 2.44. The van der Waals surface area contributed by atoms with Gasteiger partial charge in [0.05, 0.1) is 21.2 Å². The average molecular weight is 323 g/mol. The van der Waals surface area contributed by atoms with E-state index in [0.29, 0.717) is 5.69 Å². The lowest BCUT2D eigenvalue weighted by Crippen LogP contribution is -2.26. The molecule has 0 spiro atoms. The van der Waals surface area contributed by atoms with Gasteiger partial charge in [0.15, 0.2) is 0 Å². The maximum Gasteiger partial charge on any atom is 0.264 e. The van der Waals surface area contributed by atoms with Crippen molar-refractivity contribution in [3.05, 3.63) is 53.1 Å². The molecule has 2 rings (SSSR count). The van der Waals surface area contributed by atoms with Crippen molar-refractivity contribution in [1.82, 2.24) is 0 Å². The highest BCUT2D eigenvalue weighted by molar-refractivity contribution is 7.92. The molecule has 0 amide bonds. The smallest absolute Gasteiger partial charge is 0.264 e. The van der Waals surface area contributed by atoms with Crippen molar-refractivity contribution in [1.29, 1.82) is 5.26 Å². The third kappa shape index (κ3) is 2.94. The van der Waals surface area contributed by atoms with Crippen LogP contribution in [-0.4, -0.2) is 20.6 Å². The zero-order chi connectivity index (χ0) is 15.6. The van der Waals surface area contributed by atoms with Crippen LogP contribution in [0.15, 0.2) is 47.4 Å². The summed E-state index contributed by atoms with van der Waals surface area (Å²) in [6.07, 6.45) is 0. The summed E-state index contributed by atoms with van der Waals surface area (Å²) in [7, 11) is -2.40. The first kappa shape index (κ1) is 15.2. The van der Waals surface area contributed by atoms with Gasteiger partial charge in [0.1, 0.15) is 11.8 Å². The zero-order valence-electron chi connectivity index (χ0n) is 11.0. The lowest BCUT2D eigenvalue weighted by atomic mass is 10.2. The van der Waals surface area contributed by atoms with Crippen LogP contribution >= 0.6 is 11.6 Å². The average Bonchev–Trinajstić information content (AvgIpc) is 2.47. The summed E-state index contributed by atoms with van der Waals surface area (Å²) in [5, 5.41) is 18.1. The third-order valence-corrected chi connectivity index (χ3v) is 5.03. The van der Waals surface area contributed by atoms with E-state index in [2.05, 4.69) is 0 Å². The molecule has 21 heavy (non-hydrogen) atoms. The Kier molecular flexibility index (Phi) is 4.07. The van der Waals surface area contributed by atoms with Crippen LogP contribution in [0.2, 0.25) is 5.02 Å². The molecule has 108 valence electrons. The summed E-state index contributed by atoms with van der Waals surface area (Å²) >= 11 is 5.87. The Labute approximate surface area is 127 Å².